The maximum atomic E-state index is 12.7. The number of amides is 1. The summed E-state index contributed by atoms with van der Waals surface area (Å²) in [5.74, 6) is -0.709. The van der Waals surface area contributed by atoms with E-state index in [2.05, 4.69) is 5.32 Å². The van der Waals surface area contributed by atoms with E-state index in [1.807, 2.05) is 6.92 Å². The normalized spacial score (nSPS) is 12.2. The predicted octanol–water partition coefficient (Wildman–Crippen LogP) is 4.68. The number of rotatable bonds is 7. The summed E-state index contributed by atoms with van der Waals surface area (Å²) in [4.78, 5) is 23.8. The Balaban J connectivity index is 1.94. The predicted molar refractivity (Wildman–Crippen MR) is 97.2 cm³/mol. The van der Waals surface area contributed by atoms with E-state index in [1.165, 1.54) is 36.4 Å². The highest BCUT2D eigenvalue weighted by molar-refractivity contribution is 6.04. The second kappa shape index (κ2) is 9.25. The van der Waals surface area contributed by atoms with Gasteiger partial charge in [0.15, 0.2) is 6.61 Å². The molecule has 1 unspecified atom stereocenters. The number of carbonyl (C=O) groups is 2. The highest BCUT2D eigenvalue weighted by atomic mass is 19.4. The third-order valence-electron chi connectivity index (χ3n) is 3.83. The van der Waals surface area contributed by atoms with Crippen LogP contribution >= 0.6 is 0 Å². The molecule has 5 nitrogen and oxygen atoms in total. The van der Waals surface area contributed by atoms with Crippen molar-refractivity contribution in [3.63, 3.8) is 0 Å². The Kier molecular flexibility index (Phi) is 7.03. The quantitative estimate of drug-likeness (QED) is 0.692. The molecule has 0 aliphatic heterocycles. The van der Waals surface area contributed by atoms with Crippen molar-refractivity contribution >= 4 is 17.6 Å². The van der Waals surface area contributed by atoms with Gasteiger partial charge in [-0.2, -0.15) is 13.2 Å². The van der Waals surface area contributed by atoms with Crippen molar-refractivity contribution in [1.29, 1.82) is 0 Å². The minimum Gasteiger partial charge on any atom is -0.482 e. The van der Waals surface area contributed by atoms with E-state index in [-0.39, 0.29) is 24.0 Å². The zero-order chi connectivity index (χ0) is 20.7. The van der Waals surface area contributed by atoms with Crippen LogP contribution in [0.15, 0.2) is 48.5 Å². The minimum absolute atomic E-state index is 0.0351. The number of hydrogen-bond acceptors (Lipinski definition) is 4. The smallest absolute Gasteiger partial charge is 0.416 e. The van der Waals surface area contributed by atoms with Gasteiger partial charge in [0.1, 0.15) is 5.75 Å². The van der Waals surface area contributed by atoms with Crippen molar-refractivity contribution < 1.29 is 32.2 Å². The molecule has 1 amide bonds. The first-order valence-electron chi connectivity index (χ1n) is 8.60. The number of carbonyl (C=O) groups excluding carboxylic acids is 2. The van der Waals surface area contributed by atoms with E-state index in [1.54, 1.807) is 6.92 Å². The van der Waals surface area contributed by atoms with Gasteiger partial charge in [-0.05, 0) is 55.8 Å². The molecular formula is C20H20F3NO4. The summed E-state index contributed by atoms with van der Waals surface area (Å²) in [7, 11) is 0. The van der Waals surface area contributed by atoms with Crippen molar-refractivity contribution in [2.45, 2.75) is 32.5 Å². The van der Waals surface area contributed by atoms with E-state index in [0.29, 0.717) is 12.2 Å². The van der Waals surface area contributed by atoms with Gasteiger partial charge < -0.3 is 14.8 Å². The zero-order valence-corrected chi connectivity index (χ0v) is 15.4. The van der Waals surface area contributed by atoms with Gasteiger partial charge in [-0.1, -0.05) is 13.0 Å². The Morgan fingerprint density at radius 2 is 1.79 bits per heavy atom. The molecule has 0 fully saturated rings. The Labute approximate surface area is 160 Å². The van der Waals surface area contributed by atoms with Gasteiger partial charge >= 0.3 is 12.1 Å². The van der Waals surface area contributed by atoms with Crippen molar-refractivity contribution in [2.24, 2.45) is 0 Å². The van der Waals surface area contributed by atoms with E-state index in [0.717, 1.165) is 12.1 Å². The van der Waals surface area contributed by atoms with Crippen molar-refractivity contribution in [3.8, 4) is 5.75 Å². The number of halogens is 3. The SMILES string of the molecule is CCC(C)OC(=O)COc1ccc(C(=O)Nc2cccc(C(F)(F)F)c2)cc1. The van der Waals surface area contributed by atoms with E-state index in [9.17, 15) is 22.8 Å². The van der Waals surface area contributed by atoms with E-state index < -0.39 is 23.6 Å². The van der Waals surface area contributed by atoms with Gasteiger partial charge in [-0.3, -0.25) is 4.79 Å². The maximum Gasteiger partial charge on any atom is 0.416 e. The summed E-state index contributed by atoms with van der Waals surface area (Å²) < 4.78 is 48.6. The van der Waals surface area contributed by atoms with Crippen LogP contribution in [-0.4, -0.2) is 24.6 Å². The van der Waals surface area contributed by atoms with Gasteiger partial charge in [-0.15, -0.1) is 0 Å². The lowest BCUT2D eigenvalue weighted by molar-refractivity contribution is -0.150. The van der Waals surface area contributed by atoms with Crippen LogP contribution < -0.4 is 10.1 Å². The molecule has 0 aromatic heterocycles. The molecule has 1 atom stereocenters. The third kappa shape index (κ3) is 6.29. The number of benzene rings is 2. The molecule has 0 aliphatic carbocycles. The van der Waals surface area contributed by atoms with Crippen LogP contribution in [0, 0.1) is 0 Å². The number of alkyl halides is 3. The Morgan fingerprint density at radius 3 is 2.39 bits per heavy atom. The highest BCUT2D eigenvalue weighted by Gasteiger charge is 2.30. The van der Waals surface area contributed by atoms with Crippen LogP contribution in [-0.2, 0) is 15.7 Å². The third-order valence-corrected chi connectivity index (χ3v) is 3.83. The number of hydrogen-bond donors (Lipinski definition) is 1. The summed E-state index contributed by atoms with van der Waals surface area (Å²) in [6.07, 6.45) is -3.99. The van der Waals surface area contributed by atoms with Crippen LogP contribution in [0.4, 0.5) is 18.9 Å². The monoisotopic (exact) mass is 395 g/mol. The summed E-state index contributed by atoms with van der Waals surface area (Å²) in [6.45, 7) is 3.40. The van der Waals surface area contributed by atoms with Gasteiger partial charge in [0.2, 0.25) is 0 Å². The van der Waals surface area contributed by atoms with Crippen molar-refractivity contribution in [1.82, 2.24) is 0 Å². The maximum absolute atomic E-state index is 12.7. The minimum atomic E-state index is -4.49. The van der Waals surface area contributed by atoms with Gasteiger partial charge in [0.25, 0.3) is 5.91 Å². The molecule has 8 heteroatoms. The second-order valence-corrected chi connectivity index (χ2v) is 6.05. The molecule has 0 heterocycles. The van der Waals surface area contributed by atoms with Gasteiger partial charge in [0.05, 0.1) is 11.7 Å². The number of esters is 1. The van der Waals surface area contributed by atoms with Crippen LogP contribution in [0.3, 0.4) is 0 Å². The molecule has 0 saturated carbocycles. The fraction of sp³-hybridized carbons (Fsp3) is 0.300. The molecule has 2 rings (SSSR count). The van der Waals surface area contributed by atoms with Gasteiger partial charge in [-0.25, -0.2) is 4.79 Å². The number of ether oxygens (including phenoxy) is 2. The number of anilines is 1. The lowest BCUT2D eigenvalue weighted by atomic mass is 10.1. The fourth-order valence-electron chi connectivity index (χ4n) is 2.16. The molecule has 2 aromatic rings. The summed E-state index contributed by atoms with van der Waals surface area (Å²) in [6, 6.07) is 10.2. The fourth-order valence-corrected chi connectivity index (χ4v) is 2.16. The van der Waals surface area contributed by atoms with E-state index in [4.69, 9.17) is 9.47 Å². The molecule has 0 spiro atoms. The Bertz CT molecular complexity index is 819. The zero-order valence-electron chi connectivity index (χ0n) is 15.4. The van der Waals surface area contributed by atoms with Gasteiger partial charge in [0, 0.05) is 11.3 Å². The molecule has 0 saturated heterocycles. The average molecular weight is 395 g/mol. The molecular weight excluding hydrogens is 375 g/mol. The number of nitrogens with one attached hydrogen (secondary N) is 1. The van der Waals surface area contributed by atoms with Crippen LogP contribution in [0.5, 0.6) is 5.75 Å². The second-order valence-electron chi connectivity index (χ2n) is 6.05. The average Bonchev–Trinajstić information content (AvgIpc) is 2.66. The van der Waals surface area contributed by atoms with Crippen LogP contribution in [0.25, 0.3) is 0 Å². The molecule has 0 radical (unpaired) electrons. The summed E-state index contributed by atoms with van der Waals surface area (Å²) >= 11 is 0. The molecule has 1 N–H and O–H groups in total. The topological polar surface area (TPSA) is 64.6 Å². The first kappa shape index (κ1) is 21.3. The van der Waals surface area contributed by atoms with Crippen LogP contribution in [0.1, 0.15) is 36.2 Å². The lowest BCUT2D eigenvalue weighted by Gasteiger charge is -2.12. The first-order valence-corrected chi connectivity index (χ1v) is 8.60. The standard InChI is InChI=1S/C20H20F3NO4/c1-3-13(2)28-18(25)12-27-17-9-7-14(8-10-17)19(26)24-16-6-4-5-15(11-16)20(21,22)23/h4-11,13H,3,12H2,1-2H3,(H,24,26). The van der Waals surface area contributed by atoms with Crippen molar-refractivity contribution in [3.05, 3.63) is 59.7 Å². The first-order chi connectivity index (χ1) is 13.2. The summed E-state index contributed by atoms with van der Waals surface area (Å²) in [5.41, 5.74) is -0.585. The van der Waals surface area contributed by atoms with Crippen molar-refractivity contribution in [2.75, 3.05) is 11.9 Å². The summed E-state index contributed by atoms with van der Waals surface area (Å²) in [5, 5.41) is 2.41. The molecule has 2 aromatic carbocycles. The molecule has 0 aliphatic rings. The van der Waals surface area contributed by atoms with E-state index >= 15 is 0 Å². The Hall–Kier alpha value is -3.03. The van der Waals surface area contributed by atoms with Crippen LogP contribution in [0.2, 0.25) is 0 Å². The molecule has 0 bridgehead atoms. The molecule has 28 heavy (non-hydrogen) atoms. The Morgan fingerprint density at radius 1 is 1.11 bits per heavy atom. The largest absolute Gasteiger partial charge is 0.482 e. The highest BCUT2D eigenvalue weighted by Crippen LogP contribution is 2.30. The lowest BCUT2D eigenvalue weighted by Crippen LogP contribution is -2.20. The molecule has 150 valence electrons.